The van der Waals surface area contributed by atoms with E-state index in [1.54, 1.807) is 24.3 Å². The number of carbonyl (C=O) groups excluding carboxylic acids is 1. The van der Waals surface area contributed by atoms with E-state index in [1.165, 1.54) is 19.1 Å². The zero-order valence-corrected chi connectivity index (χ0v) is 15.3. The highest BCUT2D eigenvalue weighted by atomic mass is 19.1. The Bertz CT molecular complexity index is 1020. The van der Waals surface area contributed by atoms with Crippen LogP contribution in [0.5, 0.6) is 5.75 Å². The highest BCUT2D eigenvalue weighted by Crippen LogP contribution is 2.30. The SMILES string of the molecule is CC(NC(=O)c1ccc2ccccc2c1OCCc1cccc(F)c1)C(=O)O. The van der Waals surface area contributed by atoms with Gasteiger partial charge in [-0.15, -0.1) is 0 Å². The number of nitrogens with one attached hydrogen (secondary N) is 1. The number of hydrogen-bond acceptors (Lipinski definition) is 3. The summed E-state index contributed by atoms with van der Waals surface area (Å²) in [5.74, 6) is -1.58. The first kappa shape index (κ1) is 19.4. The second-order valence-electron chi connectivity index (χ2n) is 6.43. The molecule has 3 aromatic rings. The summed E-state index contributed by atoms with van der Waals surface area (Å²) in [6.07, 6.45) is 0.466. The molecule has 0 saturated heterocycles. The summed E-state index contributed by atoms with van der Waals surface area (Å²) in [6, 6.07) is 16.1. The van der Waals surface area contributed by atoms with E-state index in [2.05, 4.69) is 5.32 Å². The standard InChI is InChI=1S/C22H20FNO4/c1-14(22(26)27)24-21(25)19-10-9-16-6-2-3-8-18(16)20(19)28-12-11-15-5-4-7-17(23)13-15/h2-10,13-14H,11-12H2,1H3,(H,24,25)(H,26,27). The van der Waals surface area contributed by atoms with Gasteiger partial charge in [0.15, 0.2) is 0 Å². The highest BCUT2D eigenvalue weighted by Gasteiger charge is 2.20. The average Bonchev–Trinajstić information content (AvgIpc) is 2.68. The van der Waals surface area contributed by atoms with Crippen molar-refractivity contribution in [3.63, 3.8) is 0 Å². The van der Waals surface area contributed by atoms with Crippen molar-refractivity contribution in [3.05, 3.63) is 77.6 Å². The molecule has 0 heterocycles. The molecule has 1 unspecified atom stereocenters. The third kappa shape index (κ3) is 4.46. The van der Waals surface area contributed by atoms with Crippen molar-refractivity contribution in [2.45, 2.75) is 19.4 Å². The predicted octanol–water partition coefficient (Wildman–Crippen LogP) is 3.80. The fourth-order valence-corrected chi connectivity index (χ4v) is 2.88. The monoisotopic (exact) mass is 381 g/mol. The van der Waals surface area contributed by atoms with Gasteiger partial charge in [-0.3, -0.25) is 9.59 Å². The second kappa shape index (κ2) is 8.52. The fourth-order valence-electron chi connectivity index (χ4n) is 2.88. The Labute approximate surface area is 161 Å². The Morgan fingerprint density at radius 1 is 1.11 bits per heavy atom. The van der Waals surface area contributed by atoms with Crippen molar-refractivity contribution < 1.29 is 23.8 Å². The summed E-state index contributed by atoms with van der Waals surface area (Å²) < 4.78 is 19.3. The van der Waals surface area contributed by atoms with Gasteiger partial charge in [0, 0.05) is 11.8 Å². The molecule has 0 radical (unpaired) electrons. The van der Waals surface area contributed by atoms with Gasteiger partial charge in [0.2, 0.25) is 0 Å². The van der Waals surface area contributed by atoms with Gasteiger partial charge in [0.05, 0.1) is 12.2 Å². The number of ether oxygens (including phenoxy) is 1. The molecule has 0 fully saturated rings. The molecule has 0 saturated carbocycles. The van der Waals surface area contributed by atoms with Crippen LogP contribution in [0.3, 0.4) is 0 Å². The summed E-state index contributed by atoms with van der Waals surface area (Å²) in [7, 11) is 0. The Balaban J connectivity index is 1.87. The van der Waals surface area contributed by atoms with Crippen LogP contribution in [-0.4, -0.2) is 29.6 Å². The molecule has 0 bridgehead atoms. The molecule has 2 N–H and O–H groups in total. The summed E-state index contributed by atoms with van der Waals surface area (Å²) in [5, 5.41) is 13.1. The molecule has 144 valence electrons. The number of carboxylic acid groups (broad SMARTS) is 1. The molecule has 3 rings (SSSR count). The minimum Gasteiger partial charge on any atom is -0.492 e. The molecule has 28 heavy (non-hydrogen) atoms. The van der Waals surface area contributed by atoms with Crippen molar-refractivity contribution in [2.75, 3.05) is 6.61 Å². The maximum Gasteiger partial charge on any atom is 0.325 e. The van der Waals surface area contributed by atoms with E-state index in [0.717, 1.165) is 16.3 Å². The molecule has 3 aromatic carbocycles. The molecule has 0 aliphatic carbocycles. The fraction of sp³-hybridized carbons (Fsp3) is 0.182. The number of carboxylic acids is 1. The Morgan fingerprint density at radius 2 is 1.89 bits per heavy atom. The lowest BCUT2D eigenvalue weighted by molar-refractivity contribution is -0.138. The van der Waals surface area contributed by atoms with Crippen molar-refractivity contribution in [1.29, 1.82) is 0 Å². The number of amides is 1. The molecule has 0 aromatic heterocycles. The first-order valence-corrected chi connectivity index (χ1v) is 8.88. The zero-order chi connectivity index (χ0) is 20.1. The summed E-state index contributed by atoms with van der Waals surface area (Å²) in [5.41, 5.74) is 1.04. The van der Waals surface area contributed by atoms with Gasteiger partial charge in [-0.05, 0) is 36.1 Å². The van der Waals surface area contributed by atoms with E-state index in [0.29, 0.717) is 12.2 Å². The largest absolute Gasteiger partial charge is 0.492 e. The van der Waals surface area contributed by atoms with E-state index in [1.807, 2.05) is 24.3 Å². The highest BCUT2D eigenvalue weighted by molar-refractivity contribution is 6.04. The normalized spacial score (nSPS) is 11.8. The molecule has 0 aliphatic heterocycles. The first-order chi connectivity index (χ1) is 13.5. The smallest absolute Gasteiger partial charge is 0.325 e. The van der Waals surface area contributed by atoms with Gasteiger partial charge in [0.25, 0.3) is 5.91 Å². The van der Waals surface area contributed by atoms with Crippen molar-refractivity contribution >= 4 is 22.6 Å². The summed E-state index contributed by atoms with van der Waals surface area (Å²) in [4.78, 5) is 23.6. The number of rotatable bonds is 7. The van der Waals surface area contributed by atoms with E-state index in [4.69, 9.17) is 9.84 Å². The maximum absolute atomic E-state index is 13.3. The Morgan fingerprint density at radius 3 is 2.64 bits per heavy atom. The molecule has 6 heteroatoms. The van der Waals surface area contributed by atoms with Crippen LogP contribution in [0.4, 0.5) is 4.39 Å². The number of halogens is 1. The lowest BCUT2D eigenvalue weighted by Gasteiger charge is -2.16. The molecule has 1 atom stereocenters. The van der Waals surface area contributed by atoms with Crippen molar-refractivity contribution in [3.8, 4) is 5.75 Å². The van der Waals surface area contributed by atoms with Crippen LogP contribution in [0.25, 0.3) is 10.8 Å². The third-order valence-corrected chi connectivity index (χ3v) is 4.37. The molecule has 0 spiro atoms. The number of hydrogen-bond donors (Lipinski definition) is 2. The van der Waals surface area contributed by atoms with E-state index in [-0.39, 0.29) is 18.0 Å². The predicted molar refractivity (Wildman–Crippen MR) is 104 cm³/mol. The van der Waals surface area contributed by atoms with Gasteiger partial charge in [-0.25, -0.2) is 4.39 Å². The number of fused-ring (bicyclic) bond motifs is 1. The maximum atomic E-state index is 13.3. The first-order valence-electron chi connectivity index (χ1n) is 8.88. The van der Waals surface area contributed by atoms with Crippen LogP contribution in [0.1, 0.15) is 22.8 Å². The van der Waals surface area contributed by atoms with Crippen molar-refractivity contribution in [1.82, 2.24) is 5.32 Å². The second-order valence-corrected chi connectivity index (χ2v) is 6.43. The van der Waals surface area contributed by atoms with Crippen LogP contribution in [0.15, 0.2) is 60.7 Å². The van der Waals surface area contributed by atoms with Crippen LogP contribution in [-0.2, 0) is 11.2 Å². The van der Waals surface area contributed by atoms with Crippen LogP contribution >= 0.6 is 0 Å². The van der Waals surface area contributed by atoms with Crippen LogP contribution in [0.2, 0.25) is 0 Å². The zero-order valence-electron chi connectivity index (χ0n) is 15.3. The topological polar surface area (TPSA) is 75.6 Å². The minimum atomic E-state index is -1.12. The number of benzene rings is 3. The van der Waals surface area contributed by atoms with Crippen LogP contribution in [0, 0.1) is 5.82 Å². The van der Waals surface area contributed by atoms with E-state index in [9.17, 15) is 14.0 Å². The Hall–Kier alpha value is -3.41. The van der Waals surface area contributed by atoms with Gasteiger partial charge in [-0.1, -0.05) is 42.5 Å². The average molecular weight is 381 g/mol. The molecule has 0 aliphatic rings. The van der Waals surface area contributed by atoms with Crippen molar-refractivity contribution in [2.24, 2.45) is 0 Å². The number of carbonyl (C=O) groups is 2. The number of aliphatic carboxylic acids is 1. The lowest BCUT2D eigenvalue weighted by atomic mass is 10.0. The van der Waals surface area contributed by atoms with Gasteiger partial charge in [-0.2, -0.15) is 0 Å². The van der Waals surface area contributed by atoms with Gasteiger partial charge in [0.1, 0.15) is 17.6 Å². The lowest BCUT2D eigenvalue weighted by Crippen LogP contribution is -2.38. The molecular weight excluding hydrogens is 361 g/mol. The van der Waals surface area contributed by atoms with E-state index >= 15 is 0 Å². The Kier molecular flexibility index (Phi) is 5.89. The summed E-state index contributed by atoms with van der Waals surface area (Å²) >= 11 is 0. The van der Waals surface area contributed by atoms with Gasteiger partial charge < -0.3 is 15.2 Å². The minimum absolute atomic E-state index is 0.242. The quantitative estimate of drug-likeness (QED) is 0.653. The van der Waals surface area contributed by atoms with E-state index < -0.39 is 17.9 Å². The summed E-state index contributed by atoms with van der Waals surface area (Å²) in [6.45, 7) is 1.64. The molecule has 5 nitrogen and oxygen atoms in total. The van der Waals surface area contributed by atoms with Crippen LogP contribution < -0.4 is 10.1 Å². The van der Waals surface area contributed by atoms with Gasteiger partial charge >= 0.3 is 5.97 Å². The molecular formula is C22H20FNO4. The third-order valence-electron chi connectivity index (χ3n) is 4.37. The molecule has 1 amide bonds.